The van der Waals surface area contributed by atoms with Crippen LogP contribution in [0.5, 0.6) is 0 Å². The van der Waals surface area contributed by atoms with Crippen molar-refractivity contribution in [2.24, 2.45) is 0 Å². The average molecular weight is 355 g/mol. The highest BCUT2D eigenvalue weighted by molar-refractivity contribution is 6.90. The van der Waals surface area contributed by atoms with Crippen molar-refractivity contribution in [3.63, 3.8) is 0 Å². The fraction of sp³-hybridized carbons (Fsp3) is 0.565. The molecule has 0 saturated carbocycles. The van der Waals surface area contributed by atoms with E-state index in [4.69, 9.17) is 0 Å². The van der Waals surface area contributed by atoms with Gasteiger partial charge in [-0.3, -0.25) is 0 Å². The molecular formula is C23H34OSi. The summed E-state index contributed by atoms with van der Waals surface area (Å²) in [7, 11) is -1.71. The lowest BCUT2D eigenvalue weighted by atomic mass is 10.0. The Hall–Kier alpha value is -1.48. The SMILES string of the molecule is Cc1cc(C#CC(C)(C)O)ccc1C#C[Si](C(C)C)(C(C)C)C(C)C. The van der Waals surface area contributed by atoms with Crippen molar-refractivity contribution in [3.05, 3.63) is 34.9 Å². The molecule has 0 radical (unpaired) electrons. The molecule has 0 aliphatic carbocycles. The van der Waals surface area contributed by atoms with E-state index in [1.807, 2.05) is 6.07 Å². The third-order valence-corrected chi connectivity index (χ3v) is 11.3. The Morgan fingerprint density at radius 3 is 1.84 bits per heavy atom. The van der Waals surface area contributed by atoms with Crippen molar-refractivity contribution < 1.29 is 5.11 Å². The monoisotopic (exact) mass is 354 g/mol. The van der Waals surface area contributed by atoms with Crippen molar-refractivity contribution in [1.82, 2.24) is 0 Å². The van der Waals surface area contributed by atoms with Crippen LogP contribution in [0.25, 0.3) is 0 Å². The van der Waals surface area contributed by atoms with E-state index >= 15 is 0 Å². The lowest BCUT2D eigenvalue weighted by Gasteiger charge is -2.38. The number of rotatable bonds is 3. The van der Waals surface area contributed by atoms with Crippen LogP contribution in [-0.4, -0.2) is 18.8 Å². The highest BCUT2D eigenvalue weighted by atomic mass is 28.3. The lowest BCUT2D eigenvalue weighted by Crippen LogP contribution is -2.43. The number of hydrogen-bond acceptors (Lipinski definition) is 1. The molecule has 1 nitrogen and oxygen atoms in total. The van der Waals surface area contributed by atoms with Gasteiger partial charge in [-0.05, 0) is 61.2 Å². The number of aryl methyl sites for hydroxylation is 1. The van der Waals surface area contributed by atoms with E-state index in [0.29, 0.717) is 16.6 Å². The highest BCUT2D eigenvalue weighted by Crippen LogP contribution is 2.40. The number of aliphatic hydroxyl groups is 1. The fourth-order valence-corrected chi connectivity index (χ4v) is 8.93. The van der Waals surface area contributed by atoms with Gasteiger partial charge < -0.3 is 5.11 Å². The maximum atomic E-state index is 9.74. The molecule has 0 amide bonds. The van der Waals surface area contributed by atoms with Gasteiger partial charge >= 0.3 is 0 Å². The van der Waals surface area contributed by atoms with E-state index in [2.05, 4.69) is 83.9 Å². The summed E-state index contributed by atoms with van der Waals surface area (Å²) in [6.45, 7) is 19.5. The van der Waals surface area contributed by atoms with Crippen molar-refractivity contribution in [3.8, 4) is 23.3 Å². The molecule has 1 aromatic carbocycles. The topological polar surface area (TPSA) is 20.2 Å². The van der Waals surface area contributed by atoms with Crippen LogP contribution in [0.4, 0.5) is 0 Å². The Morgan fingerprint density at radius 2 is 1.44 bits per heavy atom. The van der Waals surface area contributed by atoms with Gasteiger partial charge in [-0.15, -0.1) is 5.54 Å². The van der Waals surface area contributed by atoms with E-state index in [0.717, 1.165) is 16.7 Å². The Balaban J connectivity index is 3.28. The van der Waals surface area contributed by atoms with Crippen LogP contribution < -0.4 is 0 Å². The summed E-state index contributed by atoms with van der Waals surface area (Å²) in [5, 5.41) is 9.74. The normalized spacial score (nSPS) is 12.0. The molecule has 0 aliphatic rings. The Bertz CT molecular complexity index is 691. The first-order valence-electron chi connectivity index (χ1n) is 9.29. The van der Waals surface area contributed by atoms with Gasteiger partial charge in [-0.1, -0.05) is 59.3 Å². The minimum atomic E-state index is -1.71. The van der Waals surface area contributed by atoms with Crippen LogP contribution >= 0.6 is 0 Å². The van der Waals surface area contributed by atoms with Crippen LogP contribution in [0.3, 0.4) is 0 Å². The molecule has 25 heavy (non-hydrogen) atoms. The number of hydrogen-bond donors (Lipinski definition) is 1. The Kier molecular flexibility index (Phi) is 7.13. The van der Waals surface area contributed by atoms with Crippen molar-refractivity contribution in [2.45, 2.75) is 84.5 Å². The largest absolute Gasteiger partial charge is 0.378 e. The van der Waals surface area contributed by atoms with Gasteiger partial charge in [0.15, 0.2) is 0 Å². The van der Waals surface area contributed by atoms with Crippen LogP contribution in [0, 0.1) is 30.2 Å². The van der Waals surface area contributed by atoms with E-state index in [1.165, 1.54) is 0 Å². The molecule has 0 unspecified atom stereocenters. The predicted molar refractivity (Wildman–Crippen MR) is 112 cm³/mol. The summed E-state index contributed by atoms with van der Waals surface area (Å²) in [6.07, 6.45) is 0. The van der Waals surface area contributed by atoms with Gasteiger partial charge in [0.1, 0.15) is 13.7 Å². The van der Waals surface area contributed by atoms with Crippen LogP contribution in [-0.2, 0) is 0 Å². The summed E-state index contributed by atoms with van der Waals surface area (Å²) in [4.78, 5) is 0. The molecular weight excluding hydrogens is 320 g/mol. The van der Waals surface area contributed by atoms with Crippen molar-refractivity contribution >= 4 is 8.07 Å². The summed E-state index contributed by atoms with van der Waals surface area (Å²) in [5.74, 6) is 9.41. The second-order valence-electron chi connectivity index (χ2n) is 8.49. The second kappa shape index (κ2) is 8.26. The maximum absolute atomic E-state index is 9.74. The molecule has 0 saturated heterocycles. The van der Waals surface area contributed by atoms with Crippen LogP contribution in [0.15, 0.2) is 18.2 Å². The molecule has 0 aliphatic heterocycles. The molecule has 0 bridgehead atoms. The van der Waals surface area contributed by atoms with Gasteiger partial charge in [-0.25, -0.2) is 0 Å². The minimum absolute atomic E-state index is 0.636. The summed E-state index contributed by atoms with van der Waals surface area (Å²) >= 11 is 0. The van der Waals surface area contributed by atoms with Crippen LogP contribution in [0.2, 0.25) is 16.6 Å². The third-order valence-electron chi connectivity index (χ3n) is 5.02. The van der Waals surface area contributed by atoms with Crippen molar-refractivity contribution in [1.29, 1.82) is 0 Å². The molecule has 1 N–H and O–H groups in total. The van der Waals surface area contributed by atoms with Gasteiger partial charge in [-0.2, -0.15) is 0 Å². The quantitative estimate of drug-likeness (QED) is 0.546. The van der Waals surface area contributed by atoms with Crippen LogP contribution in [0.1, 0.15) is 72.1 Å². The van der Waals surface area contributed by atoms with Gasteiger partial charge in [0, 0.05) is 11.1 Å². The summed E-state index contributed by atoms with van der Waals surface area (Å²) < 4.78 is 0. The van der Waals surface area contributed by atoms with E-state index in [9.17, 15) is 5.11 Å². The summed E-state index contributed by atoms with van der Waals surface area (Å²) in [5.41, 5.74) is 7.88. The fourth-order valence-electron chi connectivity index (χ4n) is 3.72. The molecule has 0 fully saturated rings. The molecule has 136 valence electrons. The lowest BCUT2D eigenvalue weighted by molar-refractivity contribution is 0.143. The molecule has 1 rings (SSSR count). The molecule has 0 heterocycles. The molecule has 0 aromatic heterocycles. The third kappa shape index (κ3) is 5.50. The standard InChI is InChI=1S/C23H34OSi/c1-17(2)25(18(3)4,19(5)6)15-13-22-11-10-21(16-20(22)7)12-14-23(8,9)24/h10-11,16-19,24H,1-9H3. The van der Waals surface area contributed by atoms with Gasteiger partial charge in [0.25, 0.3) is 0 Å². The molecule has 2 heteroatoms. The highest BCUT2D eigenvalue weighted by Gasteiger charge is 2.41. The molecule has 0 atom stereocenters. The van der Waals surface area contributed by atoms with Crippen molar-refractivity contribution in [2.75, 3.05) is 0 Å². The first-order chi connectivity index (χ1) is 11.4. The van der Waals surface area contributed by atoms with E-state index in [1.54, 1.807) is 13.8 Å². The van der Waals surface area contributed by atoms with Gasteiger partial charge in [0.05, 0.1) is 0 Å². The molecule has 1 aromatic rings. The average Bonchev–Trinajstić information content (AvgIpc) is 2.45. The first-order valence-corrected chi connectivity index (χ1v) is 11.5. The van der Waals surface area contributed by atoms with E-state index < -0.39 is 13.7 Å². The first kappa shape index (κ1) is 21.6. The van der Waals surface area contributed by atoms with E-state index in [-0.39, 0.29) is 0 Å². The molecule has 0 spiro atoms. The number of benzene rings is 1. The smallest absolute Gasteiger partial charge is 0.146 e. The maximum Gasteiger partial charge on any atom is 0.146 e. The van der Waals surface area contributed by atoms with Gasteiger partial charge in [0.2, 0.25) is 0 Å². The minimum Gasteiger partial charge on any atom is -0.378 e. The zero-order chi connectivity index (χ0) is 19.4. The Morgan fingerprint density at radius 1 is 0.920 bits per heavy atom. The summed E-state index contributed by atoms with van der Waals surface area (Å²) in [6, 6.07) is 6.13. The Labute approximate surface area is 156 Å². The predicted octanol–water partition coefficient (Wildman–Crippen LogP) is 5.69. The zero-order valence-electron chi connectivity index (χ0n) is 17.4. The second-order valence-corrected chi connectivity index (χ2v) is 14.1. The zero-order valence-corrected chi connectivity index (χ0v) is 18.4.